The highest BCUT2D eigenvalue weighted by Crippen LogP contribution is 2.19. The summed E-state index contributed by atoms with van der Waals surface area (Å²) < 4.78 is 0. The SMILES string of the molecule is Cc1ccnc(C2=CCCC=C2)c1. The van der Waals surface area contributed by atoms with Gasteiger partial charge >= 0.3 is 0 Å². The lowest BCUT2D eigenvalue weighted by atomic mass is 10.0. The van der Waals surface area contributed by atoms with Gasteiger partial charge in [-0.3, -0.25) is 4.98 Å². The van der Waals surface area contributed by atoms with E-state index in [1.54, 1.807) is 0 Å². The van der Waals surface area contributed by atoms with Crippen LogP contribution < -0.4 is 0 Å². The smallest absolute Gasteiger partial charge is 0.0701 e. The molecule has 13 heavy (non-hydrogen) atoms. The minimum atomic E-state index is 1.09. The van der Waals surface area contributed by atoms with Gasteiger partial charge < -0.3 is 0 Å². The average Bonchev–Trinajstić information content (AvgIpc) is 2.19. The monoisotopic (exact) mass is 171 g/mol. The van der Waals surface area contributed by atoms with Crippen LogP contribution >= 0.6 is 0 Å². The zero-order valence-electron chi connectivity index (χ0n) is 7.83. The van der Waals surface area contributed by atoms with E-state index in [-0.39, 0.29) is 0 Å². The Labute approximate surface area is 78.8 Å². The van der Waals surface area contributed by atoms with Crippen LogP contribution in [0.5, 0.6) is 0 Å². The van der Waals surface area contributed by atoms with Crippen molar-refractivity contribution in [3.05, 3.63) is 47.8 Å². The number of aromatic nitrogens is 1. The van der Waals surface area contributed by atoms with E-state index in [0.29, 0.717) is 0 Å². The molecular formula is C12H13N. The molecule has 0 spiro atoms. The number of pyridine rings is 1. The predicted molar refractivity (Wildman–Crippen MR) is 55.3 cm³/mol. The normalized spacial score (nSPS) is 15.6. The first-order valence-corrected chi connectivity index (χ1v) is 4.66. The van der Waals surface area contributed by atoms with Gasteiger partial charge in [0.15, 0.2) is 0 Å². The van der Waals surface area contributed by atoms with Crippen LogP contribution in [0.3, 0.4) is 0 Å². The lowest BCUT2D eigenvalue weighted by molar-refractivity contribution is 1.04. The first kappa shape index (κ1) is 8.24. The van der Waals surface area contributed by atoms with E-state index in [0.717, 1.165) is 18.5 Å². The molecule has 1 heterocycles. The predicted octanol–water partition coefficient (Wildman–Crippen LogP) is 3.12. The van der Waals surface area contributed by atoms with Crippen LogP contribution in [0.15, 0.2) is 36.6 Å². The molecule has 1 aromatic heterocycles. The zero-order chi connectivity index (χ0) is 9.10. The van der Waals surface area contributed by atoms with Crippen LogP contribution in [-0.2, 0) is 0 Å². The van der Waals surface area contributed by atoms with Gasteiger partial charge in [-0.05, 0) is 43.0 Å². The Bertz CT molecular complexity index is 361. The topological polar surface area (TPSA) is 12.9 Å². The molecule has 0 saturated heterocycles. The number of rotatable bonds is 1. The minimum Gasteiger partial charge on any atom is -0.256 e. The van der Waals surface area contributed by atoms with Crippen molar-refractivity contribution < 1.29 is 0 Å². The fraction of sp³-hybridized carbons (Fsp3) is 0.250. The summed E-state index contributed by atoms with van der Waals surface area (Å²) in [6.07, 6.45) is 10.8. The summed E-state index contributed by atoms with van der Waals surface area (Å²) >= 11 is 0. The van der Waals surface area contributed by atoms with Gasteiger partial charge in [0, 0.05) is 6.20 Å². The first-order chi connectivity index (χ1) is 6.36. The van der Waals surface area contributed by atoms with E-state index in [9.17, 15) is 0 Å². The molecule has 0 radical (unpaired) electrons. The standard InChI is InChI=1S/C12H13N/c1-10-7-8-13-12(9-10)11-5-3-2-4-6-11/h3,5-9H,2,4H2,1H3. The minimum absolute atomic E-state index is 1.09. The van der Waals surface area contributed by atoms with Gasteiger partial charge in [0.2, 0.25) is 0 Å². The third-order valence-electron chi connectivity index (χ3n) is 2.21. The van der Waals surface area contributed by atoms with Crippen molar-refractivity contribution in [1.29, 1.82) is 0 Å². The number of nitrogens with zero attached hydrogens (tertiary/aromatic N) is 1. The van der Waals surface area contributed by atoms with Crippen LogP contribution in [0.25, 0.3) is 5.57 Å². The zero-order valence-corrected chi connectivity index (χ0v) is 7.83. The highest BCUT2D eigenvalue weighted by atomic mass is 14.7. The fourth-order valence-corrected chi connectivity index (χ4v) is 1.50. The molecule has 2 rings (SSSR count). The summed E-state index contributed by atoms with van der Waals surface area (Å²) in [5.41, 5.74) is 3.62. The molecule has 0 atom stereocenters. The van der Waals surface area contributed by atoms with Gasteiger partial charge in [0.25, 0.3) is 0 Å². The van der Waals surface area contributed by atoms with E-state index < -0.39 is 0 Å². The molecule has 0 unspecified atom stereocenters. The average molecular weight is 171 g/mol. The molecule has 1 heteroatoms. The molecule has 0 aliphatic heterocycles. The Morgan fingerprint density at radius 3 is 2.92 bits per heavy atom. The van der Waals surface area contributed by atoms with Crippen molar-refractivity contribution >= 4 is 5.57 Å². The van der Waals surface area contributed by atoms with Crippen LogP contribution in [0.1, 0.15) is 24.1 Å². The van der Waals surface area contributed by atoms with Gasteiger partial charge in [-0.2, -0.15) is 0 Å². The van der Waals surface area contributed by atoms with Crippen molar-refractivity contribution in [3.63, 3.8) is 0 Å². The summed E-state index contributed by atoms with van der Waals surface area (Å²) in [6, 6.07) is 4.15. The van der Waals surface area contributed by atoms with Crippen molar-refractivity contribution in [2.75, 3.05) is 0 Å². The highest BCUT2D eigenvalue weighted by Gasteiger charge is 2.01. The van der Waals surface area contributed by atoms with Gasteiger partial charge in [0.05, 0.1) is 5.69 Å². The van der Waals surface area contributed by atoms with Crippen LogP contribution in [-0.4, -0.2) is 4.98 Å². The summed E-state index contributed by atoms with van der Waals surface area (Å²) in [5, 5.41) is 0. The van der Waals surface area contributed by atoms with E-state index in [2.05, 4.69) is 36.2 Å². The van der Waals surface area contributed by atoms with Crippen LogP contribution in [0.2, 0.25) is 0 Å². The van der Waals surface area contributed by atoms with E-state index in [1.807, 2.05) is 12.3 Å². The maximum Gasteiger partial charge on any atom is 0.0701 e. The second-order valence-corrected chi connectivity index (χ2v) is 3.36. The molecule has 0 saturated carbocycles. The van der Waals surface area contributed by atoms with Gasteiger partial charge in [-0.1, -0.05) is 18.2 Å². The summed E-state index contributed by atoms with van der Waals surface area (Å²) in [7, 11) is 0. The second-order valence-electron chi connectivity index (χ2n) is 3.36. The second kappa shape index (κ2) is 3.56. The van der Waals surface area contributed by atoms with Crippen molar-refractivity contribution in [3.8, 4) is 0 Å². The van der Waals surface area contributed by atoms with Crippen molar-refractivity contribution in [1.82, 2.24) is 4.98 Å². The third-order valence-corrected chi connectivity index (χ3v) is 2.21. The van der Waals surface area contributed by atoms with Crippen molar-refractivity contribution in [2.45, 2.75) is 19.8 Å². The molecule has 66 valence electrons. The number of allylic oxidation sites excluding steroid dienone is 4. The molecule has 1 nitrogen and oxygen atoms in total. The van der Waals surface area contributed by atoms with E-state index in [4.69, 9.17) is 0 Å². The maximum atomic E-state index is 4.34. The third kappa shape index (κ3) is 1.86. The largest absolute Gasteiger partial charge is 0.256 e. The van der Waals surface area contributed by atoms with E-state index >= 15 is 0 Å². The highest BCUT2D eigenvalue weighted by molar-refractivity contribution is 5.72. The van der Waals surface area contributed by atoms with Gasteiger partial charge in [0.1, 0.15) is 0 Å². The fourth-order valence-electron chi connectivity index (χ4n) is 1.50. The Morgan fingerprint density at radius 1 is 1.31 bits per heavy atom. The van der Waals surface area contributed by atoms with Crippen molar-refractivity contribution in [2.24, 2.45) is 0 Å². The Morgan fingerprint density at radius 2 is 2.23 bits per heavy atom. The molecule has 0 bridgehead atoms. The lowest BCUT2D eigenvalue weighted by Gasteiger charge is -2.06. The molecule has 0 aromatic carbocycles. The summed E-state index contributed by atoms with van der Waals surface area (Å²) in [5.74, 6) is 0. The Balaban J connectivity index is 2.35. The molecule has 1 aliphatic rings. The number of hydrogen-bond donors (Lipinski definition) is 0. The van der Waals surface area contributed by atoms with Gasteiger partial charge in [-0.15, -0.1) is 0 Å². The maximum absolute atomic E-state index is 4.34. The molecule has 1 aliphatic carbocycles. The molecular weight excluding hydrogens is 158 g/mol. The first-order valence-electron chi connectivity index (χ1n) is 4.66. The molecule has 0 fully saturated rings. The molecule has 0 amide bonds. The van der Waals surface area contributed by atoms with Crippen LogP contribution in [0.4, 0.5) is 0 Å². The molecule has 0 N–H and O–H groups in total. The lowest BCUT2D eigenvalue weighted by Crippen LogP contribution is -1.90. The molecule has 1 aromatic rings. The van der Waals surface area contributed by atoms with Crippen LogP contribution in [0, 0.1) is 6.92 Å². The Kier molecular flexibility index (Phi) is 2.26. The quantitative estimate of drug-likeness (QED) is 0.632. The van der Waals surface area contributed by atoms with Gasteiger partial charge in [-0.25, -0.2) is 0 Å². The van der Waals surface area contributed by atoms with E-state index in [1.165, 1.54) is 11.1 Å². The Hall–Kier alpha value is -1.37. The number of hydrogen-bond acceptors (Lipinski definition) is 1. The number of aryl methyl sites for hydroxylation is 1. The summed E-state index contributed by atoms with van der Waals surface area (Å²) in [4.78, 5) is 4.34. The summed E-state index contributed by atoms with van der Waals surface area (Å²) in [6.45, 7) is 2.10.